The lowest BCUT2D eigenvalue weighted by molar-refractivity contribution is -0.139. The van der Waals surface area contributed by atoms with Crippen LogP contribution in [0.5, 0.6) is 0 Å². The summed E-state index contributed by atoms with van der Waals surface area (Å²) in [5.74, 6) is -0.542. The molecular formula is C19H19F3N4O3S. The number of rotatable bonds is 3. The Hall–Kier alpha value is -2.69. The number of aromatic nitrogens is 2. The predicted molar refractivity (Wildman–Crippen MR) is 100 cm³/mol. The van der Waals surface area contributed by atoms with Gasteiger partial charge in [-0.25, -0.2) is 14.8 Å². The maximum Gasteiger partial charge on any atom is 0.431 e. The molecule has 2 amide bonds. The number of halogens is 3. The molecule has 2 heterocycles. The fourth-order valence-corrected chi connectivity index (χ4v) is 4.61. The molecule has 1 aromatic carbocycles. The minimum atomic E-state index is -4.59. The molecule has 1 aliphatic carbocycles. The Morgan fingerprint density at radius 1 is 1.23 bits per heavy atom. The molecule has 0 N–H and O–H groups in total. The van der Waals surface area contributed by atoms with E-state index in [4.69, 9.17) is 4.74 Å². The molecule has 1 saturated heterocycles. The van der Waals surface area contributed by atoms with Gasteiger partial charge < -0.3 is 4.74 Å². The number of amides is 2. The van der Waals surface area contributed by atoms with Crippen LogP contribution >= 0.6 is 11.5 Å². The van der Waals surface area contributed by atoms with Crippen LogP contribution in [-0.2, 0) is 17.5 Å². The summed E-state index contributed by atoms with van der Waals surface area (Å²) in [5, 5.41) is 6.03. The van der Waals surface area contributed by atoms with Gasteiger partial charge in [0.2, 0.25) is 5.72 Å². The molecule has 1 spiro atoms. The fraction of sp³-hybridized carbons (Fsp3) is 0.474. The summed E-state index contributed by atoms with van der Waals surface area (Å²) in [4.78, 5) is 26.4. The SMILES string of the molecule is Cc1nnsc1C(=O)N1N(Cc2ccccc2C(F)(F)F)C(=O)OC12CCCCC2. The van der Waals surface area contributed by atoms with E-state index < -0.39 is 36.0 Å². The van der Waals surface area contributed by atoms with Gasteiger partial charge in [-0.15, -0.1) is 5.10 Å². The summed E-state index contributed by atoms with van der Waals surface area (Å²) in [7, 11) is 0. The normalized spacial score (nSPS) is 18.7. The van der Waals surface area contributed by atoms with Crippen molar-refractivity contribution >= 4 is 23.5 Å². The summed E-state index contributed by atoms with van der Waals surface area (Å²) in [6.07, 6.45) is -2.17. The van der Waals surface area contributed by atoms with Crippen molar-refractivity contribution in [3.05, 3.63) is 46.0 Å². The van der Waals surface area contributed by atoms with Crippen LogP contribution in [0.2, 0.25) is 0 Å². The van der Waals surface area contributed by atoms with Crippen LogP contribution in [0.4, 0.5) is 18.0 Å². The number of hydrogen-bond donors (Lipinski definition) is 0. The third-order valence-corrected chi connectivity index (χ3v) is 6.25. The standard InChI is InChI=1S/C19H19F3N4O3S/c1-12-15(30-24-23-12)16(27)26-18(9-5-2-6-10-18)29-17(28)25(26)11-13-7-3-4-8-14(13)19(20,21)22/h3-4,7-8H,2,5-6,9-11H2,1H3. The highest BCUT2D eigenvalue weighted by Gasteiger charge is 2.56. The second-order valence-electron chi connectivity index (χ2n) is 7.39. The molecule has 0 atom stereocenters. The zero-order valence-electron chi connectivity index (χ0n) is 16.1. The van der Waals surface area contributed by atoms with Gasteiger partial charge in [0.15, 0.2) is 0 Å². The first-order valence-corrected chi connectivity index (χ1v) is 10.3. The van der Waals surface area contributed by atoms with Gasteiger partial charge >= 0.3 is 12.3 Å². The van der Waals surface area contributed by atoms with Crippen molar-refractivity contribution < 1.29 is 27.5 Å². The van der Waals surface area contributed by atoms with Crippen LogP contribution < -0.4 is 0 Å². The highest BCUT2D eigenvalue weighted by molar-refractivity contribution is 7.07. The number of hydrazine groups is 1. The fourth-order valence-electron chi connectivity index (χ4n) is 4.03. The lowest BCUT2D eigenvalue weighted by Crippen LogP contribution is -2.54. The number of benzene rings is 1. The van der Waals surface area contributed by atoms with Gasteiger partial charge in [-0.2, -0.15) is 13.2 Å². The van der Waals surface area contributed by atoms with Crippen molar-refractivity contribution in [3.8, 4) is 0 Å². The van der Waals surface area contributed by atoms with Crippen molar-refractivity contribution in [1.29, 1.82) is 0 Å². The number of carbonyl (C=O) groups excluding carboxylic acids is 2. The van der Waals surface area contributed by atoms with Crippen LogP contribution in [-0.4, -0.2) is 37.3 Å². The molecule has 11 heteroatoms. The van der Waals surface area contributed by atoms with Crippen molar-refractivity contribution in [2.75, 3.05) is 0 Å². The second kappa shape index (κ2) is 7.53. The lowest BCUT2D eigenvalue weighted by atomic mass is 9.91. The maximum atomic E-state index is 13.5. The molecule has 2 aliphatic rings. The van der Waals surface area contributed by atoms with E-state index in [2.05, 4.69) is 9.59 Å². The summed E-state index contributed by atoms with van der Waals surface area (Å²) in [6.45, 7) is 1.18. The molecule has 0 unspecified atom stereocenters. The first-order chi connectivity index (χ1) is 14.2. The average Bonchev–Trinajstić information content (AvgIpc) is 3.23. The Bertz CT molecular complexity index is 972. The van der Waals surface area contributed by atoms with Crippen LogP contribution in [0.25, 0.3) is 0 Å². The van der Waals surface area contributed by atoms with Crippen molar-refractivity contribution in [3.63, 3.8) is 0 Å². The summed E-state index contributed by atoms with van der Waals surface area (Å²) in [6, 6.07) is 5.00. The second-order valence-corrected chi connectivity index (χ2v) is 8.15. The molecule has 1 aromatic heterocycles. The van der Waals surface area contributed by atoms with E-state index in [-0.39, 0.29) is 10.4 Å². The van der Waals surface area contributed by atoms with Crippen molar-refractivity contribution in [2.24, 2.45) is 0 Å². The number of carbonyl (C=O) groups is 2. The monoisotopic (exact) mass is 440 g/mol. The van der Waals surface area contributed by atoms with E-state index in [1.165, 1.54) is 23.2 Å². The van der Waals surface area contributed by atoms with Gasteiger partial charge in [-0.1, -0.05) is 29.1 Å². The molecule has 0 bridgehead atoms. The van der Waals surface area contributed by atoms with Gasteiger partial charge in [-0.3, -0.25) is 4.79 Å². The Labute approximate surface area is 174 Å². The minimum absolute atomic E-state index is 0.119. The highest BCUT2D eigenvalue weighted by atomic mass is 32.1. The molecule has 30 heavy (non-hydrogen) atoms. The number of nitrogens with zero attached hydrogens (tertiary/aromatic N) is 4. The van der Waals surface area contributed by atoms with Crippen LogP contribution in [0.3, 0.4) is 0 Å². The molecule has 7 nitrogen and oxygen atoms in total. The number of aryl methyl sites for hydroxylation is 1. The number of alkyl halides is 3. The number of hydrogen-bond acceptors (Lipinski definition) is 6. The first-order valence-electron chi connectivity index (χ1n) is 9.52. The smallest absolute Gasteiger partial charge is 0.419 e. The predicted octanol–water partition coefficient (Wildman–Crippen LogP) is 4.54. The van der Waals surface area contributed by atoms with Crippen LogP contribution in [0, 0.1) is 6.92 Å². The van der Waals surface area contributed by atoms with Gasteiger partial charge in [0.1, 0.15) is 4.88 Å². The van der Waals surface area contributed by atoms with Crippen molar-refractivity contribution in [2.45, 2.75) is 57.5 Å². The van der Waals surface area contributed by atoms with E-state index in [9.17, 15) is 22.8 Å². The molecule has 1 aliphatic heterocycles. The summed E-state index contributed by atoms with van der Waals surface area (Å²) >= 11 is 0.883. The van der Waals surface area contributed by atoms with Gasteiger partial charge in [0, 0.05) is 12.8 Å². The first kappa shape index (κ1) is 20.6. The van der Waals surface area contributed by atoms with E-state index in [0.29, 0.717) is 18.5 Å². The Kier molecular flexibility index (Phi) is 5.16. The van der Waals surface area contributed by atoms with Gasteiger partial charge in [-0.05, 0) is 42.9 Å². The molecule has 2 fully saturated rings. The van der Waals surface area contributed by atoms with E-state index in [1.54, 1.807) is 6.92 Å². The van der Waals surface area contributed by atoms with Crippen molar-refractivity contribution in [1.82, 2.24) is 19.6 Å². The Morgan fingerprint density at radius 3 is 2.57 bits per heavy atom. The Morgan fingerprint density at radius 2 is 1.93 bits per heavy atom. The third kappa shape index (κ3) is 3.51. The molecule has 160 valence electrons. The average molecular weight is 440 g/mol. The highest BCUT2D eigenvalue weighted by Crippen LogP contribution is 2.43. The lowest BCUT2D eigenvalue weighted by Gasteiger charge is -2.39. The van der Waals surface area contributed by atoms with E-state index >= 15 is 0 Å². The van der Waals surface area contributed by atoms with Gasteiger partial charge in [0.25, 0.3) is 5.91 Å². The summed E-state index contributed by atoms with van der Waals surface area (Å²) < 4.78 is 49.8. The largest absolute Gasteiger partial charge is 0.431 e. The molecule has 1 saturated carbocycles. The molecule has 4 rings (SSSR count). The molecular weight excluding hydrogens is 421 g/mol. The topological polar surface area (TPSA) is 75.6 Å². The third-order valence-electron chi connectivity index (χ3n) is 5.43. The maximum absolute atomic E-state index is 13.5. The van der Waals surface area contributed by atoms with E-state index in [1.807, 2.05) is 0 Å². The van der Waals surface area contributed by atoms with Gasteiger partial charge in [0.05, 0.1) is 17.8 Å². The van der Waals surface area contributed by atoms with Crippen LogP contribution in [0.1, 0.15) is 58.6 Å². The Balaban J connectivity index is 1.75. The zero-order chi connectivity index (χ0) is 21.5. The summed E-state index contributed by atoms with van der Waals surface area (Å²) in [5.41, 5.74) is -1.78. The molecule has 2 aromatic rings. The minimum Gasteiger partial charge on any atom is -0.419 e. The number of ether oxygens (including phenoxy) is 1. The quantitative estimate of drug-likeness (QED) is 0.701. The zero-order valence-corrected chi connectivity index (χ0v) is 16.9. The molecule has 0 radical (unpaired) electrons. The van der Waals surface area contributed by atoms with E-state index in [0.717, 1.165) is 41.9 Å². The van der Waals surface area contributed by atoms with Crippen LogP contribution in [0.15, 0.2) is 24.3 Å².